The Morgan fingerprint density at radius 3 is 0.865 bits per heavy atom. The molecule has 0 aliphatic carbocycles. The smallest absolute Gasteiger partial charge is 0.374 e. The fourth-order valence-corrected chi connectivity index (χ4v) is 3.03. The Labute approximate surface area is 212 Å². The van der Waals surface area contributed by atoms with E-state index in [9.17, 15) is 39.0 Å². The Balaban J connectivity index is 4.61. The molecule has 13 nitrogen and oxygen atoms in total. The molecule has 1 rings (SSSR count). The first-order chi connectivity index (χ1) is 16.5. The van der Waals surface area contributed by atoms with E-state index in [1.807, 2.05) is 0 Å². The van der Waals surface area contributed by atoms with E-state index in [1.165, 1.54) is 62.3 Å². The van der Waals surface area contributed by atoms with Gasteiger partial charge in [0.05, 0.1) is 33.4 Å². The average Bonchev–Trinajstić information content (AvgIpc) is 2.66. The Morgan fingerprint density at radius 1 is 0.459 bits per heavy atom. The van der Waals surface area contributed by atoms with Gasteiger partial charge in [0.2, 0.25) is 0 Å². The summed E-state index contributed by atoms with van der Waals surface area (Å²) in [5.74, 6) is -10.6. The molecule has 0 heterocycles. The lowest BCUT2D eigenvalue weighted by Gasteiger charge is -2.27. The maximum Gasteiger partial charge on any atom is 0.374 e. The van der Waals surface area contributed by atoms with Gasteiger partial charge in [0, 0.05) is 0 Å². The van der Waals surface area contributed by atoms with Gasteiger partial charge in [-0.1, -0.05) is 0 Å². The van der Waals surface area contributed by atoms with E-state index in [1.54, 1.807) is 0 Å². The first-order valence-electron chi connectivity index (χ1n) is 10.8. The molecule has 0 spiro atoms. The largest absolute Gasteiger partial charge is 0.478 e. The highest BCUT2D eigenvalue weighted by Gasteiger charge is 2.44. The van der Waals surface area contributed by atoms with Gasteiger partial charge in [-0.3, -0.25) is 4.89 Å². The number of carbonyl (C=O) groups is 6. The molecule has 0 bridgehead atoms. The average molecular weight is 526 g/mol. The fourth-order valence-electron chi connectivity index (χ4n) is 3.03. The number of benzene rings is 1. The highest BCUT2D eigenvalue weighted by Crippen LogP contribution is 2.34. The quantitative estimate of drug-likeness (QED) is 0.210. The lowest BCUT2D eigenvalue weighted by Crippen LogP contribution is -2.35. The predicted octanol–water partition coefficient (Wildman–Crippen LogP) is 3.58. The first-order valence-corrected chi connectivity index (χ1v) is 10.8. The summed E-state index contributed by atoms with van der Waals surface area (Å²) >= 11 is 0. The van der Waals surface area contributed by atoms with E-state index in [4.69, 9.17) is 19.5 Å². The summed E-state index contributed by atoms with van der Waals surface area (Å²) in [5, 5.41) is 28.8. The van der Waals surface area contributed by atoms with Gasteiger partial charge in [0.1, 0.15) is 16.8 Å². The Hall–Kier alpha value is -4.00. The van der Waals surface area contributed by atoms with Crippen LogP contribution in [-0.4, -0.2) is 68.1 Å². The van der Waals surface area contributed by atoms with Crippen LogP contribution in [0.3, 0.4) is 0 Å². The van der Waals surface area contributed by atoms with Crippen LogP contribution < -0.4 is 0 Å². The van der Waals surface area contributed by atoms with Crippen LogP contribution in [0.15, 0.2) is 0 Å². The van der Waals surface area contributed by atoms with Crippen LogP contribution in [0.2, 0.25) is 0 Å². The van der Waals surface area contributed by atoms with Crippen molar-refractivity contribution in [3.05, 3.63) is 33.4 Å². The molecule has 0 fully saturated rings. The van der Waals surface area contributed by atoms with Crippen molar-refractivity contribution in [3.63, 3.8) is 0 Å². The van der Waals surface area contributed by atoms with Gasteiger partial charge >= 0.3 is 35.8 Å². The van der Waals surface area contributed by atoms with Crippen molar-refractivity contribution in [2.24, 2.45) is 0 Å². The zero-order chi connectivity index (χ0) is 29.3. The van der Waals surface area contributed by atoms with Crippen molar-refractivity contribution in [1.29, 1.82) is 0 Å². The molecule has 0 aliphatic heterocycles. The molecule has 0 saturated heterocycles. The second-order valence-electron chi connectivity index (χ2n) is 10.7. The summed E-state index contributed by atoms with van der Waals surface area (Å²) in [6.07, 6.45) is 0. The summed E-state index contributed by atoms with van der Waals surface area (Å²) in [5.41, 5.74) is -11.5. The number of carboxylic acid groups (broad SMARTS) is 2. The number of hydrogen-bond acceptors (Lipinski definition) is 11. The van der Waals surface area contributed by atoms with Crippen molar-refractivity contribution in [1.82, 2.24) is 0 Å². The van der Waals surface area contributed by atoms with E-state index in [0.29, 0.717) is 0 Å². The summed E-state index contributed by atoms with van der Waals surface area (Å²) in [4.78, 5) is 80.6. The molecule has 0 aromatic heterocycles. The van der Waals surface area contributed by atoms with Crippen LogP contribution in [0, 0.1) is 0 Å². The van der Waals surface area contributed by atoms with E-state index in [0.717, 1.165) is 0 Å². The molecule has 1 aromatic rings. The number of aromatic carboxylic acids is 2. The van der Waals surface area contributed by atoms with Crippen LogP contribution in [0.5, 0.6) is 0 Å². The molecular formula is C24H30O13. The molecule has 13 heteroatoms. The normalized spacial score (nSPS) is 11.8. The molecule has 0 radical (unpaired) electrons. The molecule has 0 aliphatic rings. The predicted molar refractivity (Wildman–Crippen MR) is 124 cm³/mol. The number of ether oxygens (including phenoxy) is 3. The molecule has 204 valence electrons. The summed E-state index contributed by atoms with van der Waals surface area (Å²) in [6, 6.07) is 0. The molecule has 0 saturated carbocycles. The maximum absolute atomic E-state index is 13.4. The third-order valence-electron chi connectivity index (χ3n) is 4.02. The topological polar surface area (TPSA) is 200 Å². The van der Waals surface area contributed by atoms with Crippen molar-refractivity contribution < 1.29 is 63.3 Å². The molecule has 0 unspecified atom stereocenters. The number of rotatable bonds is 6. The van der Waals surface area contributed by atoms with Crippen LogP contribution in [0.4, 0.5) is 0 Å². The van der Waals surface area contributed by atoms with Crippen LogP contribution in [0.25, 0.3) is 0 Å². The van der Waals surface area contributed by atoms with Crippen molar-refractivity contribution >= 4 is 35.8 Å². The van der Waals surface area contributed by atoms with Crippen LogP contribution >= 0.6 is 0 Å². The molecule has 0 amide bonds. The number of esters is 3. The minimum Gasteiger partial charge on any atom is -0.478 e. The van der Waals surface area contributed by atoms with Gasteiger partial charge in [-0.05, 0) is 62.3 Å². The minimum atomic E-state index is -2.11. The van der Waals surface area contributed by atoms with Crippen molar-refractivity contribution in [3.8, 4) is 0 Å². The van der Waals surface area contributed by atoms with Crippen LogP contribution in [0.1, 0.15) is 124 Å². The Morgan fingerprint density at radius 2 is 0.676 bits per heavy atom. The Bertz CT molecular complexity index is 1160. The van der Waals surface area contributed by atoms with E-state index in [2.05, 4.69) is 4.89 Å². The lowest BCUT2D eigenvalue weighted by atomic mass is 9.85. The second kappa shape index (κ2) is 10.5. The zero-order valence-corrected chi connectivity index (χ0v) is 21.9. The van der Waals surface area contributed by atoms with Gasteiger partial charge < -0.3 is 24.4 Å². The summed E-state index contributed by atoms with van der Waals surface area (Å²) < 4.78 is 15.7. The molecule has 3 N–H and O–H groups in total. The zero-order valence-electron chi connectivity index (χ0n) is 21.9. The molecular weight excluding hydrogens is 496 g/mol. The highest BCUT2D eigenvalue weighted by atomic mass is 17.1. The lowest BCUT2D eigenvalue weighted by molar-refractivity contribution is -0.182. The third kappa shape index (κ3) is 7.74. The van der Waals surface area contributed by atoms with Crippen LogP contribution in [-0.2, 0) is 19.1 Å². The molecule has 37 heavy (non-hydrogen) atoms. The van der Waals surface area contributed by atoms with Gasteiger partial charge in [-0.15, -0.1) is 0 Å². The Kier molecular flexibility index (Phi) is 8.84. The van der Waals surface area contributed by atoms with Gasteiger partial charge in [0.25, 0.3) is 0 Å². The summed E-state index contributed by atoms with van der Waals surface area (Å²) in [6.45, 7) is 12.7. The highest BCUT2D eigenvalue weighted by molar-refractivity contribution is 6.23. The monoisotopic (exact) mass is 526 g/mol. The second-order valence-corrected chi connectivity index (χ2v) is 10.7. The fraction of sp³-hybridized carbons (Fsp3) is 0.500. The van der Waals surface area contributed by atoms with E-state index in [-0.39, 0.29) is 0 Å². The summed E-state index contributed by atoms with van der Waals surface area (Å²) in [7, 11) is 0. The van der Waals surface area contributed by atoms with Crippen molar-refractivity contribution in [2.75, 3.05) is 0 Å². The van der Waals surface area contributed by atoms with Gasteiger partial charge in [-0.2, -0.15) is 5.26 Å². The standard InChI is InChI=1S/C24H30O13/c1-22(2,3)34-18(29)12-10(16(25)26)11(17(27)28)13(21(32)37-33)15(20(31)36-24(7,8)9)14(12)19(30)35-23(4,5)6/h33H,1-9H3,(H,25,26)(H,27,28). The van der Waals surface area contributed by atoms with Crippen molar-refractivity contribution in [2.45, 2.75) is 79.1 Å². The van der Waals surface area contributed by atoms with Gasteiger partial charge in [0.15, 0.2) is 0 Å². The van der Waals surface area contributed by atoms with Gasteiger partial charge in [-0.25, -0.2) is 28.8 Å². The van der Waals surface area contributed by atoms with E-state index >= 15 is 0 Å². The maximum atomic E-state index is 13.4. The third-order valence-corrected chi connectivity index (χ3v) is 4.02. The number of carboxylic acids is 2. The SMILES string of the molecule is CC(C)(C)OC(=O)c1c(C(=O)O)c(C(=O)O)c(C(=O)OO)c(C(=O)OC(C)(C)C)c1C(=O)OC(C)(C)C. The number of hydrogen-bond donors (Lipinski definition) is 3. The van der Waals surface area contributed by atoms with E-state index < -0.39 is 86.0 Å². The first kappa shape index (κ1) is 31.0. The number of carbonyl (C=O) groups excluding carboxylic acids is 4. The minimum absolute atomic E-state index is 1.12. The molecule has 1 aromatic carbocycles. The molecule has 0 atom stereocenters.